The fourth-order valence-electron chi connectivity index (χ4n) is 0.747. The maximum Gasteiger partial charge on any atom is 0.192 e. The summed E-state index contributed by atoms with van der Waals surface area (Å²) in [6.45, 7) is 4.00. The van der Waals surface area contributed by atoms with E-state index in [9.17, 15) is 4.57 Å². The average molecular weight is 223 g/mol. The molecule has 2 nitrogen and oxygen atoms in total. The molecule has 5 heteroatoms. The maximum atomic E-state index is 11.9. The van der Waals surface area contributed by atoms with E-state index in [4.69, 9.17) is 5.26 Å². The smallest absolute Gasteiger partial charge is 0.192 e. The molecule has 0 heterocycles. The minimum atomic E-state index is -2.13. The lowest BCUT2D eigenvalue weighted by atomic mass is 10.6. The molecule has 0 aliphatic rings. The lowest BCUT2D eigenvalue weighted by molar-refractivity contribution is 0.593. The molecule has 0 fully saturated rings. The molecule has 0 saturated carbocycles. The Morgan fingerprint density at radius 3 is 2.17 bits per heavy atom. The summed E-state index contributed by atoms with van der Waals surface area (Å²) in [5.41, 5.74) is -2.13. The van der Waals surface area contributed by atoms with Crippen molar-refractivity contribution >= 4 is 28.3 Å². The van der Waals surface area contributed by atoms with Crippen LogP contribution in [0.5, 0.6) is 0 Å². The predicted molar refractivity (Wildman–Crippen MR) is 59.0 cm³/mol. The average Bonchev–Trinajstić information content (AvgIpc) is 2.02. The third kappa shape index (κ3) is 5.13. The highest BCUT2D eigenvalue weighted by atomic mass is 33.1. The summed E-state index contributed by atoms with van der Waals surface area (Å²) in [7, 11) is 0. The zero-order valence-electron chi connectivity index (χ0n) is 7.45. The van der Waals surface area contributed by atoms with E-state index >= 15 is 0 Å². The second kappa shape index (κ2) is 6.88. The van der Waals surface area contributed by atoms with Crippen molar-refractivity contribution in [3.63, 3.8) is 0 Å². The van der Waals surface area contributed by atoms with Gasteiger partial charge in [0, 0.05) is 12.6 Å². The SMILES string of the molecule is CCSP(=O)(CCC#N)SCC. The lowest BCUT2D eigenvalue weighted by Crippen LogP contribution is -1.82. The Bertz CT molecular complexity index is 192. The molecule has 0 rings (SSSR count). The van der Waals surface area contributed by atoms with Crippen LogP contribution in [0, 0.1) is 11.3 Å². The molecule has 0 amide bonds. The molecule has 0 aromatic heterocycles. The van der Waals surface area contributed by atoms with Gasteiger partial charge in [-0.15, -0.1) is 0 Å². The van der Waals surface area contributed by atoms with Crippen LogP contribution in [0.2, 0.25) is 0 Å². The normalized spacial score (nSPS) is 11.1. The topological polar surface area (TPSA) is 40.9 Å². The van der Waals surface area contributed by atoms with Gasteiger partial charge in [-0.05, 0) is 11.5 Å². The van der Waals surface area contributed by atoms with Gasteiger partial charge in [-0.2, -0.15) is 5.26 Å². The predicted octanol–water partition coefficient (Wildman–Crippen LogP) is 3.60. The number of nitrogens with zero attached hydrogens (tertiary/aromatic N) is 1. The molecule has 0 aromatic carbocycles. The summed E-state index contributed by atoms with van der Waals surface area (Å²) in [6.07, 6.45) is 0.970. The van der Waals surface area contributed by atoms with Gasteiger partial charge < -0.3 is 4.57 Å². The zero-order valence-corrected chi connectivity index (χ0v) is 9.98. The maximum absolute atomic E-state index is 11.9. The molecule has 0 aromatic rings. The zero-order chi connectivity index (χ0) is 9.45. The van der Waals surface area contributed by atoms with Crippen LogP contribution in [0.1, 0.15) is 20.3 Å². The van der Waals surface area contributed by atoms with Crippen LogP contribution in [0.25, 0.3) is 0 Å². The van der Waals surface area contributed by atoms with Crippen molar-refractivity contribution in [3.8, 4) is 6.07 Å². The van der Waals surface area contributed by atoms with Gasteiger partial charge in [-0.25, -0.2) is 0 Å². The van der Waals surface area contributed by atoms with Crippen molar-refractivity contribution in [3.05, 3.63) is 0 Å². The largest absolute Gasteiger partial charge is 0.300 e. The Morgan fingerprint density at radius 1 is 1.33 bits per heavy atom. The van der Waals surface area contributed by atoms with Gasteiger partial charge in [0.05, 0.1) is 6.07 Å². The standard InChI is InChI=1S/C7H14NOPS2/c1-3-11-10(9,12-4-2)7-5-6-8/h3-5,7H2,1-2H3. The van der Waals surface area contributed by atoms with Crippen LogP contribution in [-0.2, 0) is 4.57 Å². The van der Waals surface area contributed by atoms with Crippen molar-refractivity contribution < 1.29 is 4.57 Å². The summed E-state index contributed by atoms with van der Waals surface area (Å²) < 4.78 is 11.9. The van der Waals surface area contributed by atoms with Crippen molar-refractivity contribution in [2.75, 3.05) is 17.7 Å². The first kappa shape index (κ1) is 12.4. The minimum Gasteiger partial charge on any atom is -0.300 e. The first-order valence-electron chi connectivity index (χ1n) is 3.93. The lowest BCUT2D eigenvalue weighted by Gasteiger charge is -2.12. The summed E-state index contributed by atoms with van der Waals surface area (Å²) in [5.74, 6) is 1.74. The van der Waals surface area contributed by atoms with E-state index in [0.717, 1.165) is 11.5 Å². The molecule has 0 atom stereocenters. The Kier molecular flexibility index (Phi) is 7.13. The van der Waals surface area contributed by atoms with Gasteiger partial charge in [-0.1, -0.05) is 36.6 Å². The monoisotopic (exact) mass is 223 g/mol. The summed E-state index contributed by atoms with van der Waals surface area (Å²) >= 11 is 3.02. The second-order valence-corrected chi connectivity index (χ2v) is 11.2. The molecule has 0 bridgehead atoms. The second-order valence-electron chi connectivity index (χ2n) is 2.08. The van der Waals surface area contributed by atoms with E-state index in [0.29, 0.717) is 12.6 Å². The molecular weight excluding hydrogens is 209 g/mol. The minimum absolute atomic E-state index is 0.414. The van der Waals surface area contributed by atoms with Gasteiger partial charge >= 0.3 is 0 Å². The fraction of sp³-hybridized carbons (Fsp3) is 0.857. The summed E-state index contributed by atoms with van der Waals surface area (Å²) in [5, 5.41) is 8.38. The molecular formula is C7H14NOPS2. The number of nitriles is 1. The fourth-order valence-corrected chi connectivity index (χ4v) is 8.71. The van der Waals surface area contributed by atoms with Gasteiger partial charge in [-0.3, -0.25) is 0 Å². The first-order valence-corrected chi connectivity index (χ1v) is 9.01. The highest BCUT2D eigenvalue weighted by molar-refractivity contribution is 8.90. The van der Waals surface area contributed by atoms with Crippen molar-refractivity contribution in [1.82, 2.24) is 0 Å². The van der Waals surface area contributed by atoms with Gasteiger partial charge in [0.1, 0.15) is 0 Å². The van der Waals surface area contributed by atoms with Crippen LogP contribution in [0.15, 0.2) is 0 Å². The van der Waals surface area contributed by atoms with Gasteiger partial charge in [0.25, 0.3) is 0 Å². The summed E-state index contributed by atoms with van der Waals surface area (Å²) in [4.78, 5) is 0. The van der Waals surface area contributed by atoms with E-state index in [1.165, 1.54) is 22.8 Å². The third-order valence-corrected chi connectivity index (χ3v) is 10.1. The molecule has 12 heavy (non-hydrogen) atoms. The van der Waals surface area contributed by atoms with Crippen LogP contribution in [-0.4, -0.2) is 17.7 Å². The molecule has 0 N–H and O–H groups in total. The molecule has 0 aliphatic heterocycles. The number of hydrogen-bond acceptors (Lipinski definition) is 4. The third-order valence-electron chi connectivity index (χ3n) is 1.15. The van der Waals surface area contributed by atoms with Crippen molar-refractivity contribution in [2.45, 2.75) is 20.3 Å². The Labute approximate surface area is 82.4 Å². The molecule has 0 radical (unpaired) electrons. The van der Waals surface area contributed by atoms with Crippen LogP contribution in [0.3, 0.4) is 0 Å². The van der Waals surface area contributed by atoms with Gasteiger partial charge in [0.2, 0.25) is 0 Å². The summed E-state index contributed by atoms with van der Waals surface area (Å²) in [6, 6.07) is 2.04. The molecule has 0 aliphatic carbocycles. The van der Waals surface area contributed by atoms with Crippen LogP contribution in [0.4, 0.5) is 0 Å². The number of rotatable bonds is 6. The van der Waals surface area contributed by atoms with E-state index in [2.05, 4.69) is 0 Å². The van der Waals surface area contributed by atoms with Crippen LogP contribution < -0.4 is 0 Å². The van der Waals surface area contributed by atoms with Crippen molar-refractivity contribution in [2.24, 2.45) is 0 Å². The first-order chi connectivity index (χ1) is 5.68. The molecule has 0 unspecified atom stereocenters. The Hall–Kier alpha value is 0.420. The Morgan fingerprint density at radius 2 is 1.83 bits per heavy atom. The van der Waals surface area contributed by atoms with Crippen molar-refractivity contribution in [1.29, 1.82) is 5.26 Å². The number of hydrogen-bond donors (Lipinski definition) is 0. The van der Waals surface area contributed by atoms with E-state index in [1.807, 2.05) is 19.9 Å². The molecule has 0 spiro atoms. The molecule has 70 valence electrons. The van der Waals surface area contributed by atoms with Gasteiger partial charge in [0.15, 0.2) is 5.55 Å². The van der Waals surface area contributed by atoms with E-state index in [-0.39, 0.29) is 0 Å². The van der Waals surface area contributed by atoms with Crippen LogP contribution >= 0.6 is 28.3 Å². The quantitative estimate of drug-likeness (QED) is 0.645. The Balaban J connectivity index is 4.01. The molecule has 0 saturated heterocycles. The highest BCUT2D eigenvalue weighted by Gasteiger charge is 2.20. The van der Waals surface area contributed by atoms with E-state index < -0.39 is 5.55 Å². The highest BCUT2D eigenvalue weighted by Crippen LogP contribution is 2.68. The van der Waals surface area contributed by atoms with E-state index in [1.54, 1.807) is 0 Å².